The second-order valence-corrected chi connectivity index (χ2v) is 12.1. The Morgan fingerprint density at radius 3 is 1.93 bits per heavy atom. The van der Waals surface area contributed by atoms with Gasteiger partial charge >= 0.3 is 24.3 Å². The second-order valence-electron chi connectivity index (χ2n) is 10.1. The molecule has 2 saturated heterocycles. The van der Waals surface area contributed by atoms with Crippen molar-refractivity contribution >= 4 is 22.0 Å². The van der Waals surface area contributed by atoms with Gasteiger partial charge in [0.05, 0.1) is 18.1 Å². The monoisotopic (exact) mass is 657 g/mol. The number of benzene rings is 1. The highest BCUT2D eigenvalue weighted by atomic mass is 32.2. The Kier molecular flexibility index (Phi) is 13.1. The van der Waals surface area contributed by atoms with Gasteiger partial charge in [0.2, 0.25) is 10.0 Å². The van der Waals surface area contributed by atoms with Crippen LogP contribution in [0.25, 0.3) is 0 Å². The SMILES string of the molecule is CCc1ccc(S(=O)(=O)N2CCC3(CC2)COCCN(Cc2cccnc2)C3)cc1.O=C(O)C(F)(F)F.O=C(O)C(F)(F)F. The third-order valence-corrected chi connectivity index (χ3v) is 8.80. The average Bonchev–Trinajstić information content (AvgIpc) is 3.15. The van der Waals surface area contributed by atoms with Gasteiger partial charge in [-0.05, 0) is 48.6 Å². The number of carboxylic acid groups (broad SMARTS) is 2. The molecule has 1 spiro atoms. The minimum Gasteiger partial charge on any atom is -0.475 e. The standard InChI is InChI=1S/C23H31N3O3S.2C2HF3O2/c1-2-20-5-7-22(8-6-20)30(27,28)26-12-9-23(10-13-26)18-25(14-15-29-19-23)17-21-4-3-11-24-16-21;2*3-2(4,5)1(6)7/h3-8,11,16H,2,9-10,12-15,17-19H2,1H3;2*(H,6,7). The average molecular weight is 658 g/mol. The summed E-state index contributed by atoms with van der Waals surface area (Å²) in [5.41, 5.74) is 2.36. The molecule has 1 aromatic heterocycles. The summed E-state index contributed by atoms with van der Waals surface area (Å²) < 4.78 is 97.3. The number of piperidine rings is 1. The van der Waals surface area contributed by atoms with Gasteiger partial charge in [0.1, 0.15) is 0 Å². The third kappa shape index (κ3) is 11.3. The van der Waals surface area contributed by atoms with Crippen LogP contribution in [0, 0.1) is 5.41 Å². The van der Waals surface area contributed by atoms with Crippen molar-refractivity contribution in [3.63, 3.8) is 0 Å². The number of nitrogens with zero attached hydrogens (tertiary/aromatic N) is 3. The van der Waals surface area contributed by atoms with Gasteiger partial charge in [0, 0.05) is 50.5 Å². The Morgan fingerprint density at radius 1 is 0.932 bits per heavy atom. The summed E-state index contributed by atoms with van der Waals surface area (Å²) in [5, 5.41) is 14.2. The van der Waals surface area contributed by atoms with E-state index in [1.807, 2.05) is 24.4 Å². The molecule has 0 aliphatic carbocycles. The summed E-state index contributed by atoms with van der Waals surface area (Å²) in [6, 6.07) is 11.4. The molecule has 10 nitrogen and oxygen atoms in total. The van der Waals surface area contributed by atoms with Crippen LogP contribution in [0.5, 0.6) is 0 Å². The first kappa shape index (κ1) is 36.9. The zero-order valence-corrected chi connectivity index (χ0v) is 24.5. The van der Waals surface area contributed by atoms with E-state index in [2.05, 4.69) is 22.9 Å². The van der Waals surface area contributed by atoms with Crippen molar-refractivity contribution in [2.45, 2.75) is 50.0 Å². The molecule has 2 aliphatic heterocycles. The zero-order chi connectivity index (χ0) is 33.2. The summed E-state index contributed by atoms with van der Waals surface area (Å²) >= 11 is 0. The number of aromatic nitrogens is 1. The van der Waals surface area contributed by atoms with E-state index >= 15 is 0 Å². The maximum atomic E-state index is 13.1. The van der Waals surface area contributed by atoms with Crippen molar-refractivity contribution in [2.24, 2.45) is 5.41 Å². The Morgan fingerprint density at radius 2 is 1.48 bits per heavy atom. The third-order valence-electron chi connectivity index (χ3n) is 6.89. The predicted molar refractivity (Wildman–Crippen MR) is 144 cm³/mol. The molecule has 3 heterocycles. The van der Waals surface area contributed by atoms with Gasteiger partial charge < -0.3 is 14.9 Å². The van der Waals surface area contributed by atoms with E-state index in [4.69, 9.17) is 24.5 Å². The van der Waals surface area contributed by atoms with Gasteiger partial charge in [0.15, 0.2) is 0 Å². The van der Waals surface area contributed by atoms with Crippen molar-refractivity contribution < 1.29 is 59.3 Å². The molecule has 0 radical (unpaired) electrons. The number of carboxylic acids is 2. The maximum Gasteiger partial charge on any atom is 0.490 e. The number of rotatable bonds is 5. The molecule has 17 heteroatoms. The molecule has 0 unspecified atom stereocenters. The molecule has 246 valence electrons. The van der Waals surface area contributed by atoms with Gasteiger partial charge in [-0.3, -0.25) is 9.88 Å². The quantitative estimate of drug-likeness (QED) is 0.453. The van der Waals surface area contributed by atoms with Crippen LogP contribution < -0.4 is 0 Å². The first-order valence-electron chi connectivity index (χ1n) is 13.3. The Balaban J connectivity index is 0.000000402. The molecule has 0 bridgehead atoms. The Bertz CT molecular complexity index is 1290. The number of hydrogen-bond acceptors (Lipinski definition) is 7. The lowest BCUT2D eigenvalue weighted by Crippen LogP contribution is -2.48. The molecule has 0 amide bonds. The van der Waals surface area contributed by atoms with Crippen LogP contribution in [0.15, 0.2) is 53.7 Å². The van der Waals surface area contributed by atoms with E-state index in [-0.39, 0.29) is 5.41 Å². The number of sulfonamides is 1. The molecule has 2 N–H and O–H groups in total. The van der Waals surface area contributed by atoms with Crippen molar-refractivity contribution in [3.8, 4) is 0 Å². The van der Waals surface area contributed by atoms with E-state index in [9.17, 15) is 34.8 Å². The molecule has 0 atom stereocenters. The lowest BCUT2D eigenvalue weighted by atomic mass is 9.79. The molecule has 1 aromatic carbocycles. The molecular weight excluding hydrogens is 624 g/mol. The van der Waals surface area contributed by atoms with E-state index < -0.39 is 34.3 Å². The number of hydrogen-bond donors (Lipinski definition) is 2. The fourth-order valence-corrected chi connectivity index (χ4v) is 5.96. The Labute approximate surface area is 250 Å². The van der Waals surface area contributed by atoms with E-state index in [0.717, 1.165) is 44.5 Å². The van der Waals surface area contributed by atoms with Crippen LogP contribution in [-0.2, 0) is 37.3 Å². The maximum absolute atomic E-state index is 13.1. The summed E-state index contributed by atoms with van der Waals surface area (Å²) in [7, 11) is -3.44. The van der Waals surface area contributed by atoms with Crippen molar-refractivity contribution in [2.75, 3.05) is 39.4 Å². The smallest absolute Gasteiger partial charge is 0.475 e. The van der Waals surface area contributed by atoms with Crippen LogP contribution in [0.4, 0.5) is 26.3 Å². The van der Waals surface area contributed by atoms with Gasteiger partial charge in [-0.25, -0.2) is 18.0 Å². The van der Waals surface area contributed by atoms with Crippen LogP contribution in [-0.4, -0.2) is 96.5 Å². The van der Waals surface area contributed by atoms with Crippen molar-refractivity contribution in [3.05, 3.63) is 59.9 Å². The highest BCUT2D eigenvalue weighted by molar-refractivity contribution is 7.89. The van der Waals surface area contributed by atoms with Crippen LogP contribution in [0.3, 0.4) is 0 Å². The van der Waals surface area contributed by atoms with Crippen LogP contribution in [0.1, 0.15) is 30.9 Å². The molecule has 0 saturated carbocycles. The summed E-state index contributed by atoms with van der Waals surface area (Å²) in [6.07, 6.45) is -3.91. The molecule has 44 heavy (non-hydrogen) atoms. The lowest BCUT2D eigenvalue weighted by molar-refractivity contribution is -0.193. The molecule has 2 aromatic rings. The van der Waals surface area contributed by atoms with Gasteiger partial charge in [-0.15, -0.1) is 0 Å². The topological polar surface area (TPSA) is 137 Å². The van der Waals surface area contributed by atoms with Crippen molar-refractivity contribution in [1.82, 2.24) is 14.2 Å². The number of halogens is 6. The van der Waals surface area contributed by atoms with Crippen LogP contribution >= 0.6 is 0 Å². The fraction of sp³-hybridized carbons (Fsp3) is 0.519. The van der Waals surface area contributed by atoms with E-state index in [1.54, 1.807) is 22.6 Å². The summed E-state index contributed by atoms with van der Waals surface area (Å²) in [4.78, 5) is 24.8. The number of aliphatic carboxylic acids is 2. The number of carbonyl (C=O) groups is 2. The number of aryl methyl sites for hydroxylation is 1. The first-order valence-corrected chi connectivity index (χ1v) is 14.7. The summed E-state index contributed by atoms with van der Waals surface area (Å²) in [5.74, 6) is -5.51. The molecule has 2 fully saturated rings. The Hall–Kier alpha value is -3.28. The first-order chi connectivity index (χ1) is 20.4. The van der Waals surface area contributed by atoms with Crippen LogP contribution in [0.2, 0.25) is 0 Å². The minimum atomic E-state index is -5.08. The second kappa shape index (κ2) is 15.6. The molecular formula is C27H33F6N3O7S. The van der Waals surface area contributed by atoms with E-state index in [1.165, 1.54) is 5.56 Å². The number of pyridine rings is 1. The lowest BCUT2D eigenvalue weighted by Gasteiger charge is -2.42. The van der Waals surface area contributed by atoms with Gasteiger partial charge in [0.25, 0.3) is 0 Å². The normalized spacial score (nSPS) is 17.8. The molecule has 2 aliphatic rings. The molecule has 4 rings (SSSR count). The zero-order valence-electron chi connectivity index (χ0n) is 23.6. The van der Waals surface area contributed by atoms with Gasteiger partial charge in [-0.2, -0.15) is 30.6 Å². The number of ether oxygens (including phenoxy) is 1. The van der Waals surface area contributed by atoms with Crippen molar-refractivity contribution in [1.29, 1.82) is 0 Å². The van der Waals surface area contributed by atoms with Gasteiger partial charge in [-0.1, -0.05) is 25.1 Å². The number of alkyl halides is 6. The highest BCUT2D eigenvalue weighted by Crippen LogP contribution is 2.36. The minimum absolute atomic E-state index is 0.0107. The van der Waals surface area contributed by atoms with E-state index in [0.29, 0.717) is 31.2 Å². The highest BCUT2D eigenvalue weighted by Gasteiger charge is 2.41. The fourth-order valence-electron chi connectivity index (χ4n) is 4.52. The summed E-state index contributed by atoms with van der Waals surface area (Å²) in [6.45, 7) is 7.25. The predicted octanol–water partition coefficient (Wildman–Crippen LogP) is 4.21. The largest absolute Gasteiger partial charge is 0.490 e.